The summed E-state index contributed by atoms with van der Waals surface area (Å²) in [5.41, 5.74) is 0.779. The van der Waals surface area contributed by atoms with Crippen molar-refractivity contribution in [3.8, 4) is 11.5 Å². The van der Waals surface area contributed by atoms with E-state index in [1.807, 2.05) is 6.07 Å². The molecule has 0 unspecified atom stereocenters. The number of pyridine rings is 1. The highest BCUT2D eigenvalue weighted by Crippen LogP contribution is 2.13. The molecule has 2 aromatic rings. The molecule has 2 aromatic heterocycles. The van der Waals surface area contributed by atoms with Crippen molar-refractivity contribution in [2.45, 2.75) is 0 Å². The largest absolute Gasteiger partial charge is 0.442 e. The summed E-state index contributed by atoms with van der Waals surface area (Å²) < 4.78 is 5.03. The first kappa shape index (κ1) is 6.09. The van der Waals surface area contributed by atoms with Crippen LogP contribution >= 0.6 is 0 Å². The molecule has 0 spiro atoms. The second-order valence-corrected chi connectivity index (χ2v) is 2.01. The average Bonchev–Trinajstić information content (AvgIpc) is 2.58. The molecule has 2 rings (SSSR count). The lowest BCUT2D eigenvalue weighted by atomic mass is 10.3. The van der Waals surface area contributed by atoms with Gasteiger partial charge in [-0.2, -0.15) is 0 Å². The summed E-state index contributed by atoms with van der Waals surface area (Å²) in [4.78, 5) is 7.81. The Hall–Kier alpha value is -1.64. The zero-order valence-corrected chi connectivity index (χ0v) is 5.69. The minimum absolute atomic E-state index is 0.680. The lowest BCUT2D eigenvalue weighted by molar-refractivity contribution is 0.570. The normalized spacial score (nSPS) is 9.82. The Morgan fingerprint density at radius 3 is 3.09 bits per heavy atom. The van der Waals surface area contributed by atoms with Crippen LogP contribution in [0, 0.1) is 6.07 Å². The van der Waals surface area contributed by atoms with Crippen LogP contribution in [-0.2, 0) is 0 Å². The van der Waals surface area contributed by atoms with E-state index in [-0.39, 0.29) is 0 Å². The van der Waals surface area contributed by atoms with Crippen molar-refractivity contribution in [2.24, 2.45) is 0 Å². The summed E-state index contributed by atoms with van der Waals surface area (Å²) in [6.45, 7) is 0. The summed E-state index contributed by atoms with van der Waals surface area (Å²) in [5.74, 6) is 0.680. The number of hydrogen-bond acceptors (Lipinski definition) is 3. The zero-order valence-electron chi connectivity index (χ0n) is 5.69. The Morgan fingerprint density at radius 2 is 2.45 bits per heavy atom. The Bertz CT molecular complexity index is 315. The average molecular weight is 145 g/mol. The molecule has 0 aliphatic carbocycles. The van der Waals surface area contributed by atoms with E-state index in [9.17, 15) is 0 Å². The van der Waals surface area contributed by atoms with Crippen LogP contribution in [0.1, 0.15) is 0 Å². The van der Waals surface area contributed by atoms with E-state index in [4.69, 9.17) is 4.42 Å². The fraction of sp³-hybridized carbons (Fsp3) is 0. The van der Waals surface area contributed by atoms with Crippen LogP contribution in [0.15, 0.2) is 35.3 Å². The molecule has 0 aromatic carbocycles. The molecule has 0 aliphatic rings. The van der Waals surface area contributed by atoms with E-state index in [0.29, 0.717) is 5.76 Å². The summed E-state index contributed by atoms with van der Waals surface area (Å²) in [6, 6.07) is 6.42. The number of oxazole rings is 1. The van der Waals surface area contributed by atoms with Gasteiger partial charge in [-0.05, 0) is 6.07 Å². The monoisotopic (exact) mass is 145 g/mol. The predicted octanol–water partition coefficient (Wildman–Crippen LogP) is 1.54. The Morgan fingerprint density at radius 1 is 1.45 bits per heavy atom. The molecule has 1 radical (unpaired) electrons. The highest BCUT2D eigenvalue weighted by Gasteiger charge is 1.99. The summed E-state index contributed by atoms with van der Waals surface area (Å²) in [6.07, 6.45) is 4.61. The molecule has 3 heteroatoms. The van der Waals surface area contributed by atoms with Gasteiger partial charge in [0.2, 0.25) is 0 Å². The van der Waals surface area contributed by atoms with Crippen molar-refractivity contribution in [1.29, 1.82) is 0 Å². The van der Waals surface area contributed by atoms with E-state index in [1.54, 1.807) is 18.5 Å². The maximum Gasteiger partial charge on any atom is 0.181 e. The summed E-state index contributed by atoms with van der Waals surface area (Å²) in [5, 5.41) is 0. The van der Waals surface area contributed by atoms with Crippen LogP contribution < -0.4 is 0 Å². The van der Waals surface area contributed by atoms with Crippen LogP contribution in [-0.4, -0.2) is 9.97 Å². The third kappa shape index (κ3) is 1.12. The van der Waals surface area contributed by atoms with Gasteiger partial charge in [-0.15, -0.1) is 0 Å². The molecule has 0 amide bonds. The van der Waals surface area contributed by atoms with E-state index >= 15 is 0 Å². The van der Waals surface area contributed by atoms with Crippen LogP contribution in [0.5, 0.6) is 0 Å². The van der Waals surface area contributed by atoms with Crippen LogP contribution in [0.3, 0.4) is 0 Å². The molecule has 0 atom stereocenters. The van der Waals surface area contributed by atoms with Crippen molar-refractivity contribution in [2.75, 3.05) is 0 Å². The molecule has 0 saturated heterocycles. The van der Waals surface area contributed by atoms with Gasteiger partial charge < -0.3 is 4.42 Å². The number of rotatable bonds is 1. The first-order chi connectivity index (χ1) is 5.47. The predicted molar refractivity (Wildman–Crippen MR) is 38.6 cm³/mol. The smallest absolute Gasteiger partial charge is 0.181 e. The SMILES string of the molecule is [c]1ccc(-c2cnco2)nc1. The molecule has 0 saturated carbocycles. The highest BCUT2D eigenvalue weighted by atomic mass is 16.3. The third-order valence-electron chi connectivity index (χ3n) is 1.30. The van der Waals surface area contributed by atoms with Gasteiger partial charge in [-0.25, -0.2) is 4.98 Å². The topological polar surface area (TPSA) is 38.9 Å². The molecule has 53 valence electrons. The Kier molecular flexibility index (Phi) is 1.41. The summed E-state index contributed by atoms with van der Waals surface area (Å²) >= 11 is 0. The molecule has 11 heavy (non-hydrogen) atoms. The molecular formula is C8H5N2O. The van der Waals surface area contributed by atoms with Gasteiger partial charge >= 0.3 is 0 Å². The van der Waals surface area contributed by atoms with Gasteiger partial charge in [-0.3, -0.25) is 4.98 Å². The maximum atomic E-state index is 5.03. The van der Waals surface area contributed by atoms with E-state index in [2.05, 4.69) is 16.0 Å². The molecular weight excluding hydrogens is 140 g/mol. The molecule has 0 aliphatic heterocycles. The maximum absolute atomic E-state index is 5.03. The third-order valence-corrected chi connectivity index (χ3v) is 1.30. The standard InChI is InChI=1S/C8H5N2O/c1-2-4-10-7(3-1)8-5-9-6-11-8/h1,3-6H. The second kappa shape index (κ2) is 2.54. The first-order valence-electron chi connectivity index (χ1n) is 3.18. The second-order valence-electron chi connectivity index (χ2n) is 2.01. The lowest BCUT2D eigenvalue weighted by Gasteiger charge is -1.90. The van der Waals surface area contributed by atoms with Crippen molar-refractivity contribution in [3.05, 3.63) is 37.0 Å². The molecule has 3 nitrogen and oxygen atoms in total. The van der Waals surface area contributed by atoms with Crippen LogP contribution in [0.25, 0.3) is 11.5 Å². The fourth-order valence-corrected chi connectivity index (χ4v) is 0.808. The number of hydrogen-bond donors (Lipinski definition) is 0. The number of aromatic nitrogens is 2. The van der Waals surface area contributed by atoms with Gasteiger partial charge in [0.1, 0.15) is 5.69 Å². The van der Waals surface area contributed by atoms with E-state index in [0.717, 1.165) is 5.69 Å². The van der Waals surface area contributed by atoms with Crippen molar-refractivity contribution < 1.29 is 4.42 Å². The first-order valence-corrected chi connectivity index (χ1v) is 3.18. The number of nitrogens with zero attached hydrogens (tertiary/aromatic N) is 2. The van der Waals surface area contributed by atoms with Gasteiger partial charge in [0.15, 0.2) is 12.2 Å². The minimum atomic E-state index is 0.680. The van der Waals surface area contributed by atoms with Crippen molar-refractivity contribution >= 4 is 0 Å². The van der Waals surface area contributed by atoms with E-state index < -0.39 is 0 Å². The van der Waals surface area contributed by atoms with Crippen molar-refractivity contribution in [3.63, 3.8) is 0 Å². The lowest BCUT2D eigenvalue weighted by Crippen LogP contribution is -1.77. The molecule has 0 bridgehead atoms. The Labute approximate surface area is 63.7 Å². The van der Waals surface area contributed by atoms with Crippen LogP contribution in [0.2, 0.25) is 0 Å². The zero-order chi connectivity index (χ0) is 7.52. The molecule has 2 heterocycles. The minimum Gasteiger partial charge on any atom is -0.442 e. The van der Waals surface area contributed by atoms with Crippen molar-refractivity contribution in [1.82, 2.24) is 9.97 Å². The van der Waals surface area contributed by atoms with Gasteiger partial charge in [0, 0.05) is 12.3 Å². The van der Waals surface area contributed by atoms with Gasteiger partial charge in [0.25, 0.3) is 0 Å². The summed E-state index contributed by atoms with van der Waals surface area (Å²) in [7, 11) is 0. The van der Waals surface area contributed by atoms with Gasteiger partial charge in [0.05, 0.1) is 6.20 Å². The molecule has 0 fully saturated rings. The molecule has 0 N–H and O–H groups in total. The quantitative estimate of drug-likeness (QED) is 0.610. The van der Waals surface area contributed by atoms with Gasteiger partial charge in [-0.1, -0.05) is 6.07 Å². The van der Waals surface area contributed by atoms with Crippen LogP contribution in [0.4, 0.5) is 0 Å². The Balaban J connectivity index is 2.46. The highest BCUT2D eigenvalue weighted by molar-refractivity contribution is 5.49. The van der Waals surface area contributed by atoms with E-state index in [1.165, 1.54) is 6.39 Å². The fourth-order valence-electron chi connectivity index (χ4n) is 0.808.